The van der Waals surface area contributed by atoms with Crippen LogP contribution in [0, 0.1) is 0 Å². The summed E-state index contributed by atoms with van der Waals surface area (Å²) in [5, 5.41) is 0. The van der Waals surface area contributed by atoms with Crippen LogP contribution in [0.3, 0.4) is 0 Å². The van der Waals surface area contributed by atoms with Crippen LogP contribution in [-0.2, 0) is 14.2 Å². The lowest BCUT2D eigenvalue weighted by Crippen LogP contribution is -2.27. The van der Waals surface area contributed by atoms with Gasteiger partial charge in [-0.1, -0.05) is 0 Å². The summed E-state index contributed by atoms with van der Waals surface area (Å²) in [6.45, 7) is 5.14. The Morgan fingerprint density at radius 3 is 2.41 bits per heavy atom. The van der Waals surface area contributed by atoms with Crippen molar-refractivity contribution in [2.75, 3.05) is 38.8 Å². The van der Waals surface area contributed by atoms with Gasteiger partial charge in [0.25, 0.3) is 0 Å². The van der Waals surface area contributed by atoms with Crippen LogP contribution in [0.25, 0.3) is 0 Å². The molecule has 5 nitrogen and oxygen atoms in total. The van der Waals surface area contributed by atoms with E-state index < -0.39 is 5.79 Å². The molecule has 1 aromatic rings. The summed E-state index contributed by atoms with van der Waals surface area (Å²) in [7, 11) is 3.91. The van der Waals surface area contributed by atoms with Crippen LogP contribution >= 0.6 is 0 Å². The van der Waals surface area contributed by atoms with E-state index in [2.05, 4.69) is 0 Å². The molecular formula is C17H23NO4. The Morgan fingerprint density at radius 1 is 1.27 bits per heavy atom. The molecule has 22 heavy (non-hydrogen) atoms. The fourth-order valence-electron chi connectivity index (χ4n) is 2.15. The van der Waals surface area contributed by atoms with E-state index in [1.54, 1.807) is 12.1 Å². The van der Waals surface area contributed by atoms with E-state index >= 15 is 0 Å². The number of hydrogen-bond donors (Lipinski definition) is 0. The van der Waals surface area contributed by atoms with Gasteiger partial charge in [-0.3, -0.25) is 0 Å². The number of anilines is 1. The van der Waals surface area contributed by atoms with E-state index in [-0.39, 0.29) is 12.6 Å². The summed E-state index contributed by atoms with van der Waals surface area (Å²) in [6, 6.07) is 7.30. The number of benzene rings is 1. The molecule has 0 radical (unpaired) electrons. The normalized spacial score (nSPS) is 17.4. The topological polar surface area (TPSA) is 48.0 Å². The Morgan fingerprint density at radius 2 is 1.86 bits per heavy atom. The van der Waals surface area contributed by atoms with E-state index in [9.17, 15) is 4.79 Å². The lowest BCUT2D eigenvalue weighted by Gasteiger charge is -2.23. The van der Waals surface area contributed by atoms with Crippen molar-refractivity contribution in [3.63, 3.8) is 0 Å². The minimum absolute atomic E-state index is 0.197. The van der Waals surface area contributed by atoms with Crippen molar-refractivity contribution in [2.24, 2.45) is 0 Å². The lowest BCUT2D eigenvalue weighted by atomic mass is 10.1. The van der Waals surface area contributed by atoms with E-state index in [1.165, 1.54) is 0 Å². The van der Waals surface area contributed by atoms with Gasteiger partial charge in [0.05, 0.1) is 18.8 Å². The first-order valence-corrected chi connectivity index (χ1v) is 7.32. The minimum Gasteiger partial charge on any atom is -0.458 e. The van der Waals surface area contributed by atoms with E-state index in [0.717, 1.165) is 11.3 Å². The highest BCUT2D eigenvalue weighted by Gasteiger charge is 2.32. The molecule has 0 aromatic heterocycles. The number of ether oxygens (including phenoxy) is 3. The number of rotatable bonds is 5. The number of carbonyl (C=O) groups excluding carboxylic acids is 1. The Hall–Kier alpha value is -1.85. The molecule has 0 bridgehead atoms. The molecular weight excluding hydrogens is 282 g/mol. The zero-order valence-electron chi connectivity index (χ0n) is 13.6. The molecule has 1 saturated heterocycles. The number of carbonyl (C=O) groups is 1. The molecule has 2 rings (SSSR count). The Kier molecular flexibility index (Phi) is 5.21. The quantitative estimate of drug-likeness (QED) is 0.618. The maximum atomic E-state index is 12.0. The highest BCUT2D eigenvalue weighted by molar-refractivity contribution is 5.89. The molecule has 1 aliphatic heterocycles. The summed E-state index contributed by atoms with van der Waals surface area (Å²) < 4.78 is 16.4. The van der Waals surface area contributed by atoms with Gasteiger partial charge in [0.2, 0.25) is 0 Å². The zero-order valence-corrected chi connectivity index (χ0v) is 13.6. The average molecular weight is 305 g/mol. The standard InChI is InChI=1S/C17H23NO4/c1-13(17(2)21-11-12-22-17)9-10-20-16(19)14-5-7-15(8-6-14)18(3)4/h5-9H,10-12H2,1-4H3/b13-9+. The number of nitrogens with zero attached hydrogens (tertiary/aromatic N) is 1. The molecule has 0 N–H and O–H groups in total. The molecule has 1 aromatic carbocycles. The van der Waals surface area contributed by atoms with Gasteiger partial charge in [0.1, 0.15) is 6.61 Å². The predicted molar refractivity (Wildman–Crippen MR) is 85.1 cm³/mol. The highest BCUT2D eigenvalue weighted by atomic mass is 16.7. The summed E-state index contributed by atoms with van der Waals surface area (Å²) in [5.74, 6) is -1.03. The third-order valence-electron chi connectivity index (χ3n) is 3.78. The molecule has 0 spiro atoms. The van der Waals surface area contributed by atoms with Crippen molar-refractivity contribution in [1.82, 2.24) is 0 Å². The highest BCUT2D eigenvalue weighted by Crippen LogP contribution is 2.26. The second-order valence-corrected chi connectivity index (χ2v) is 5.57. The minimum atomic E-state index is -0.695. The first-order valence-electron chi connectivity index (χ1n) is 7.32. The first kappa shape index (κ1) is 16.5. The smallest absolute Gasteiger partial charge is 0.338 e. The second kappa shape index (κ2) is 6.94. The Labute approximate surface area is 131 Å². The van der Waals surface area contributed by atoms with E-state index in [0.29, 0.717) is 18.8 Å². The Balaban J connectivity index is 1.89. The van der Waals surface area contributed by atoms with E-state index in [4.69, 9.17) is 14.2 Å². The SMILES string of the molecule is C/C(=C\COC(=O)c1ccc(N(C)C)cc1)C1(C)OCCO1. The summed E-state index contributed by atoms with van der Waals surface area (Å²) >= 11 is 0. The molecule has 0 aliphatic carbocycles. The van der Waals surface area contributed by atoms with Crippen LogP contribution in [0.1, 0.15) is 24.2 Å². The zero-order chi connectivity index (χ0) is 16.2. The van der Waals surface area contributed by atoms with Gasteiger partial charge in [-0.05, 0) is 49.8 Å². The van der Waals surface area contributed by atoms with Crippen molar-refractivity contribution in [3.8, 4) is 0 Å². The van der Waals surface area contributed by atoms with Gasteiger partial charge >= 0.3 is 5.97 Å². The van der Waals surface area contributed by atoms with Gasteiger partial charge in [-0.15, -0.1) is 0 Å². The summed E-state index contributed by atoms with van der Waals surface area (Å²) in [4.78, 5) is 14.0. The molecule has 0 unspecified atom stereocenters. The van der Waals surface area contributed by atoms with Gasteiger partial charge in [-0.25, -0.2) is 4.79 Å². The second-order valence-electron chi connectivity index (χ2n) is 5.57. The largest absolute Gasteiger partial charge is 0.458 e. The number of esters is 1. The van der Waals surface area contributed by atoms with Gasteiger partial charge in [-0.2, -0.15) is 0 Å². The third-order valence-corrected chi connectivity index (χ3v) is 3.78. The summed E-state index contributed by atoms with van der Waals surface area (Å²) in [6.07, 6.45) is 1.82. The fraction of sp³-hybridized carbons (Fsp3) is 0.471. The van der Waals surface area contributed by atoms with Crippen molar-refractivity contribution in [1.29, 1.82) is 0 Å². The molecule has 0 amide bonds. The van der Waals surface area contributed by atoms with Crippen LogP contribution in [0.4, 0.5) is 5.69 Å². The van der Waals surface area contributed by atoms with Crippen molar-refractivity contribution in [2.45, 2.75) is 19.6 Å². The van der Waals surface area contributed by atoms with E-state index in [1.807, 2.05) is 51.1 Å². The van der Waals surface area contributed by atoms with Crippen LogP contribution in [0.2, 0.25) is 0 Å². The van der Waals surface area contributed by atoms with Crippen molar-refractivity contribution >= 4 is 11.7 Å². The van der Waals surface area contributed by atoms with Crippen LogP contribution in [0.15, 0.2) is 35.9 Å². The van der Waals surface area contributed by atoms with Crippen molar-refractivity contribution < 1.29 is 19.0 Å². The third kappa shape index (κ3) is 3.87. The van der Waals surface area contributed by atoms with Gasteiger partial charge < -0.3 is 19.1 Å². The molecule has 0 saturated carbocycles. The lowest BCUT2D eigenvalue weighted by molar-refractivity contribution is -0.110. The fourth-order valence-corrected chi connectivity index (χ4v) is 2.15. The Bertz CT molecular complexity index is 542. The number of hydrogen-bond acceptors (Lipinski definition) is 5. The molecule has 1 fully saturated rings. The molecule has 1 heterocycles. The van der Waals surface area contributed by atoms with Crippen molar-refractivity contribution in [3.05, 3.63) is 41.5 Å². The maximum absolute atomic E-state index is 12.0. The first-order chi connectivity index (χ1) is 10.4. The molecule has 1 aliphatic rings. The van der Waals surface area contributed by atoms with Gasteiger partial charge in [0, 0.05) is 19.8 Å². The maximum Gasteiger partial charge on any atom is 0.338 e. The molecule has 0 atom stereocenters. The van der Waals surface area contributed by atoms with Gasteiger partial charge in [0.15, 0.2) is 5.79 Å². The monoisotopic (exact) mass is 305 g/mol. The molecule has 5 heteroatoms. The summed E-state index contributed by atoms with van der Waals surface area (Å²) in [5.41, 5.74) is 2.48. The van der Waals surface area contributed by atoms with Crippen LogP contribution in [0.5, 0.6) is 0 Å². The predicted octanol–water partition coefficient (Wildman–Crippen LogP) is 2.62. The molecule has 120 valence electrons. The van der Waals surface area contributed by atoms with Crippen LogP contribution < -0.4 is 4.90 Å². The van der Waals surface area contributed by atoms with Crippen LogP contribution in [-0.4, -0.2) is 45.7 Å². The average Bonchev–Trinajstić information content (AvgIpc) is 2.95.